The summed E-state index contributed by atoms with van der Waals surface area (Å²) in [7, 11) is 0. The zero-order valence-electron chi connectivity index (χ0n) is 9.27. The third-order valence-corrected chi connectivity index (χ3v) is 2.62. The van der Waals surface area contributed by atoms with Crippen molar-refractivity contribution in [2.75, 3.05) is 0 Å². The number of aliphatic hydroxyl groups is 1. The summed E-state index contributed by atoms with van der Waals surface area (Å²) in [6, 6.07) is 9.70. The molecule has 0 fully saturated rings. The Kier molecular flexibility index (Phi) is 2.94. The van der Waals surface area contributed by atoms with Gasteiger partial charge in [0, 0.05) is 5.56 Å². The van der Waals surface area contributed by atoms with Crippen molar-refractivity contribution in [2.24, 2.45) is 0 Å². The first-order chi connectivity index (χ1) is 7.68. The summed E-state index contributed by atoms with van der Waals surface area (Å²) < 4.78 is 0. The fourth-order valence-corrected chi connectivity index (χ4v) is 1.60. The Morgan fingerprint density at radius 3 is 2.62 bits per heavy atom. The zero-order valence-corrected chi connectivity index (χ0v) is 9.27. The third-order valence-electron chi connectivity index (χ3n) is 2.62. The van der Waals surface area contributed by atoms with Crippen LogP contribution < -0.4 is 0 Å². The quantitative estimate of drug-likeness (QED) is 0.706. The van der Waals surface area contributed by atoms with Crippen molar-refractivity contribution in [3.05, 3.63) is 59.7 Å². The van der Waals surface area contributed by atoms with Crippen LogP contribution in [0.25, 0.3) is 0 Å². The highest BCUT2D eigenvalue weighted by molar-refractivity contribution is 5.42. The van der Waals surface area contributed by atoms with E-state index in [1.54, 1.807) is 6.92 Å². The number of rotatable bonds is 1. The Balaban J connectivity index is 2.18. The number of benzene rings is 1. The van der Waals surface area contributed by atoms with Crippen LogP contribution in [0.5, 0.6) is 0 Å². The van der Waals surface area contributed by atoms with Crippen molar-refractivity contribution >= 4 is 0 Å². The van der Waals surface area contributed by atoms with E-state index in [-0.39, 0.29) is 0 Å². The van der Waals surface area contributed by atoms with E-state index in [9.17, 15) is 5.11 Å². The Hall–Kier alpha value is -1.78. The molecule has 1 atom stereocenters. The second-order valence-corrected chi connectivity index (χ2v) is 4.01. The molecule has 0 amide bonds. The highest BCUT2D eigenvalue weighted by Gasteiger charge is 2.22. The second-order valence-electron chi connectivity index (χ2n) is 4.01. The predicted molar refractivity (Wildman–Crippen MR) is 65.8 cm³/mol. The maximum atomic E-state index is 10.2. The van der Waals surface area contributed by atoms with Crippen molar-refractivity contribution in [3.63, 3.8) is 0 Å². The van der Waals surface area contributed by atoms with Crippen molar-refractivity contribution in [1.82, 2.24) is 0 Å². The lowest BCUT2D eigenvalue weighted by Crippen LogP contribution is -2.23. The Morgan fingerprint density at radius 1 is 1.25 bits per heavy atom. The molecule has 2 rings (SSSR count). The van der Waals surface area contributed by atoms with Crippen molar-refractivity contribution in [3.8, 4) is 11.8 Å². The largest absolute Gasteiger partial charge is 0.374 e. The van der Waals surface area contributed by atoms with Crippen LogP contribution in [-0.2, 0) is 0 Å². The molecule has 1 aliphatic carbocycles. The molecule has 0 spiro atoms. The minimum atomic E-state index is -1.03. The number of allylic oxidation sites excluding steroid dienone is 3. The topological polar surface area (TPSA) is 20.2 Å². The molecule has 16 heavy (non-hydrogen) atoms. The SMILES string of the molecule is C[C@@](O)(C#Cc1ccccc1)C1=CC=CC1. The summed E-state index contributed by atoms with van der Waals surface area (Å²) in [5.41, 5.74) is 0.851. The van der Waals surface area contributed by atoms with Gasteiger partial charge in [0.05, 0.1) is 0 Å². The lowest BCUT2D eigenvalue weighted by molar-refractivity contribution is 0.159. The molecule has 0 unspecified atom stereocenters. The summed E-state index contributed by atoms with van der Waals surface area (Å²) in [6.45, 7) is 1.74. The summed E-state index contributed by atoms with van der Waals surface area (Å²) >= 11 is 0. The van der Waals surface area contributed by atoms with Crippen LogP contribution in [0.4, 0.5) is 0 Å². The van der Waals surface area contributed by atoms with Crippen LogP contribution in [0.15, 0.2) is 54.1 Å². The molecule has 1 aromatic carbocycles. The van der Waals surface area contributed by atoms with Gasteiger partial charge in [-0.05, 0) is 31.1 Å². The van der Waals surface area contributed by atoms with Crippen molar-refractivity contribution in [1.29, 1.82) is 0 Å². The van der Waals surface area contributed by atoms with Gasteiger partial charge in [0.15, 0.2) is 0 Å². The molecule has 1 aliphatic rings. The third kappa shape index (κ3) is 2.42. The van der Waals surface area contributed by atoms with Crippen LogP contribution >= 0.6 is 0 Å². The van der Waals surface area contributed by atoms with Crippen molar-refractivity contribution < 1.29 is 5.11 Å². The molecule has 1 heteroatoms. The van der Waals surface area contributed by atoms with Gasteiger partial charge in [0.25, 0.3) is 0 Å². The first-order valence-electron chi connectivity index (χ1n) is 5.35. The molecule has 1 N–H and O–H groups in total. The average molecular weight is 210 g/mol. The van der Waals surface area contributed by atoms with Gasteiger partial charge in [0.2, 0.25) is 0 Å². The van der Waals surface area contributed by atoms with Gasteiger partial charge >= 0.3 is 0 Å². The van der Waals surface area contributed by atoms with E-state index in [4.69, 9.17) is 0 Å². The van der Waals surface area contributed by atoms with Gasteiger partial charge in [-0.2, -0.15) is 0 Å². The fraction of sp³-hybridized carbons (Fsp3) is 0.200. The van der Waals surface area contributed by atoms with Gasteiger partial charge in [-0.25, -0.2) is 0 Å². The minimum Gasteiger partial charge on any atom is -0.374 e. The van der Waals surface area contributed by atoms with Gasteiger partial charge in [-0.1, -0.05) is 48.3 Å². The van der Waals surface area contributed by atoms with Crippen molar-refractivity contribution in [2.45, 2.75) is 18.9 Å². The van der Waals surface area contributed by atoms with Crippen LogP contribution in [0, 0.1) is 11.8 Å². The summed E-state index contributed by atoms with van der Waals surface area (Å²) in [5, 5.41) is 10.2. The lowest BCUT2D eigenvalue weighted by Gasteiger charge is -2.17. The molecule has 0 aromatic heterocycles. The number of hydrogen-bond acceptors (Lipinski definition) is 1. The standard InChI is InChI=1S/C15H14O/c1-15(16,14-9-5-6-10-14)12-11-13-7-3-2-4-8-13/h2-9,16H,10H2,1H3/t15-/m1/s1. The maximum Gasteiger partial charge on any atom is 0.145 e. The molecular weight excluding hydrogens is 196 g/mol. The van der Waals surface area contributed by atoms with Gasteiger partial charge in [-0.3, -0.25) is 0 Å². The Labute approximate surface area is 96.1 Å². The fourth-order valence-electron chi connectivity index (χ4n) is 1.60. The van der Waals surface area contributed by atoms with Crippen LogP contribution in [0.1, 0.15) is 18.9 Å². The van der Waals surface area contributed by atoms with E-state index in [1.807, 2.05) is 48.6 Å². The minimum absolute atomic E-state index is 0.788. The van der Waals surface area contributed by atoms with E-state index >= 15 is 0 Å². The van der Waals surface area contributed by atoms with E-state index in [0.717, 1.165) is 17.6 Å². The number of hydrogen-bond donors (Lipinski definition) is 1. The van der Waals surface area contributed by atoms with E-state index in [0.29, 0.717) is 0 Å². The highest BCUT2D eigenvalue weighted by Crippen LogP contribution is 2.23. The summed E-state index contributed by atoms with van der Waals surface area (Å²) in [4.78, 5) is 0. The van der Waals surface area contributed by atoms with Crippen LogP contribution in [-0.4, -0.2) is 10.7 Å². The van der Waals surface area contributed by atoms with E-state index in [1.165, 1.54) is 0 Å². The van der Waals surface area contributed by atoms with Gasteiger partial charge in [-0.15, -0.1) is 0 Å². The van der Waals surface area contributed by atoms with E-state index in [2.05, 4.69) is 11.8 Å². The molecule has 0 saturated carbocycles. The van der Waals surface area contributed by atoms with Crippen LogP contribution in [0.2, 0.25) is 0 Å². The van der Waals surface area contributed by atoms with Gasteiger partial charge in [0.1, 0.15) is 5.60 Å². The average Bonchev–Trinajstić information content (AvgIpc) is 2.82. The zero-order chi connectivity index (χ0) is 11.4. The molecule has 1 nitrogen and oxygen atoms in total. The Morgan fingerprint density at radius 2 is 2.00 bits per heavy atom. The van der Waals surface area contributed by atoms with Crippen LogP contribution in [0.3, 0.4) is 0 Å². The molecule has 80 valence electrons. The lowest BCUT2D eigenvalue weighted by atomic mass is 9.95. The smallest absolute Gasteiger partial charge is 0.145 e. The van der Waals surface area contributed by atoms with Gasteiger partial charge < -0.3 is 5.11 Å². The Bertz CT molecular complexity index is 481. The summed E-state index contributed by atoms with van der Waals surface area (Å²) in [6.07, 6.45) is 6.69. The molecule has 0 saturated heterocycles. The highest BCUT2D eigenvalue weighted by atomic mass is 16.3. The summed E-state index contributed by atoms with van der Waals surface area (Å²) in [5.74, 6) is 5.91. The first kappa shape index (κ1) is 10.7. The first-order valence-corrected chi connectivity index (χ1v) is 5.35. The molecular formula is C15H14O. The maximum absolute atomic E-state index is 10.2. The molecule has 0 aliphatic heterocycles. The molecule has 1 aromatic rings. The van der Waals surface area contributed by atoms with E-state index < -0.39 is 5.60 Å². The molecule has 0 heterocycles. The second kappa shape index (κ2) is 4.38. The molecule has 0 bridgehead atoms. The molecule has 0 radical (unpaired) electrons. The monoisotopic (exact) mass is 210 g/mol. The normalized spacial score (nSPS) is 17.2. The predicted octanol–water partition coefficient (Wildman–Crippen LogP) is 2.68.